The Balaban J connectivity index is 2.16. The van der Waals surface area contributed by atoms with Crippen LogP contribution in [0.25, 0.3) is 0 Å². The molecule has 0 aromatic heterocycles. The average Bonchev–Trinajstić information content (AvgIpc) is 2.61. The van der Waals surface area contributed by atoms with Gasteiger partial charge in [-0.05, 0) is 36.2 Å². The van der Waals surface area contributed by atoms with Gasteiger partial charge in [0.15, 0.2) is 11.5 Å². The van der Waals surface area contributed by atoms with Gasteiger partial charge in [0.25, 0.3) is 5.91 Å². The van der Waals surface area contributed by atoms with Crippen LogP contribution in [-0.4, -0.2) is 41.3 Å². The third kappa shape index (κ3) is 5.78. The summed E-state index contributed by atoms with van der Waals surface area (Å²) in [5, 5.41) is 2.80. The minimum Gasteiger partial charge on any atom is -0.493 e. The summed E-state index contributed by atoms with van der Waals surface area (Å²) in [6.07, 6.45) is 1.64. The largest absolute Gasteiger partial charge is 0.493 e. The lowest BCUT2D eigenvalue weighted by Gasteiger charge is -2.15. The van der Waals surface area contributed by atoms with E-state index >= 15 is 0 Å². The number of carbonyl (C=O) groups excluding carboxylic acids is 1. The van der Waals surface area contributed by atoms with Crippen molar-refractivity contribution in [3.05, 3.63) is 47.5 Å². The average molecular weight is 393 g/mol. The van der Waals surface area contributed by atoms with Crippen molar-refractivity contribution in [2.24, 2.45) is 0 Å². The number of nitrogens with two attached hydrogens (primary N) is 1. The van der Waals surface area contributed by atoms with Crippen LogP contribution in [0.5, 0.6) is 11.5 Å². The molecule has 27 heavy (non-hydrogen) atoms. The van der Waals surface area contributed by atoms with Gasteiger partial charge in [-0.1, -0.05) is 12.1 Å². The molecule has 0 heterocycles. The maximum atomic E-state index is 12.5. The van der Waals surface area contributed by atoms with Crippen molar-refractivity contribution in [3.8, 4) is 11.5 Å². The molecule has 2 aromatic rings. The van der Waals surface area contributed by atoms with Gasteiger partial charge in [0.1, 0.15) is 0 Å². The molecule has 0 aliphatic rings. The Labute approximate surface area is 158 Å². The van der Waals surface area contributed by atoms with Crippen LogP contribution in [-0.2, 0) is 16.4 Å². The predicted octanol–water partition coefficient (Wildman–Crippen LogP) is 1.63. The number of rotatable bonds is 8. The first-order valence-electron chi connectivity index (χ1n) is 8.10. The Bertz CT molecular complexity index is 911. The number of ether oxygens (including phenoxy) is 2. The quantitative estimate of drug-likeness (QED) is 0.587. The molecule has 2 rings (SSSR count). The molecule has 0 spiro atoms. The zero-order valence-corrected chi connectivity index (χ0v) is 16.2. The van der Waals surface area contributed by atoms with Crippen LogP contribution in [0.3, 0.4) is 0 Å². The molecule has 146 valence electrons. The molecule has 0 aliphatic carbocycles. The van der Waals surface area contributed by atoms with Crippen molar-refractivity contribution in [2.75, 3.05) is 37.5 Å². The molecule has 0 aliphatic heterocycles. The number of anilines is 2. The standard InChI is InChI=1S/C18H23N3O5S/c1-25-16-11-13(10-15(17(16)26-2)21-27(3,23)24)18(22)20-9-8-12-4-6-14(19)7-5-12/h4-7,10-11,21H,8-9,19H2,1-3H3,(H,20,22). The number of benzene rings is 2. The summed E-state index contributed by atoms with van der Waals surface area (Å²) in [6.45, 7) is 0.409. The van der Waals surface area contributed by atoms with Gasteiger partial charge in [0.2, 0.25) is 10.0 Å². The molecule has 0 radical (unpaired) electrons. The molecule has 0 fully saturated rings. The minimum atomic E-state index is -3.56. The number of hydrogen-bond acceptors (Lipinski definition) is 6. The summed E-state index contributed by atoms with van der Waals surface area (Å²) in [5.74, 6) is 0.0825. The highest BCUT2D eigenvalue weighted by atomic mass is 32.2. The van der Waals surface area contributed by atoms with Crippen LogP contribution in [0.1, 0.15) is 15.9 Å². The smallest absolute Gasteiger partial charge is 0.251 e. The first-order valence-corrected chi connectivity index (χ1v) is 9.99. The van der Waals surface area contributed by atoms with Gasteiger partial charge in [-0.2, -0.15) is 0 Å². The lowest BCUT2D eigenvalue weighted by molar-refractivity contribution is 0.0953. The second-order valence-corrected chi connectivity index (χ2v) is 7.63. The number of methoxy groups -OCH3 is 2. The van der Waals surface area contributed by atoms with Crippen molar-refractivity contribution in [1.82, 2.24) is 5.32 Å². The second-order valence-electron chi connectivity index (χ2n) is 5.88. The Morgan fingerprint density at radius 1 is 1.11 bits per heavy atom. The zero-order chi connectivity index (χ0) is 20.0. The highest BCUT2D eigenvalue weighted by molar-refractivity contribution is 7.92. The molecule has 0 saturated carbocycles. The summed E-state index contributed by atoms with van der Waals surface area (Å²) in [6, 6.07) is 10.3. The number of amides is 1. The second kappa shape index (κ2) is 8.63. The molecule has 0 bridgehead atoms. The van der Waals surface area contributed by atoms with Crippen molar-refractivity contribution < 1.29 is 22.7 Å². The molecular formula is C18H23N3O5S. The van der Waals surface area contributed by atoms with Gasteiger partial charge in [-0.25, -0.2) is 8.42 Å². The molecule has 8 nitrogen and oxygen atoms in total. The Kier molecular flexibility index (Phi) is 6.51. The minimum absolute atomic E-state index is 0.128. The Hall–Kier alpha value is -2.94. The van der Waals surface area contributed by atoms with E-state index in [4.69, 9.17) is 15.2 Å². The zero-order valence-electron chi connectivity index (χ0n) is 15.4. The van der Waals surface area contributed by atoms with E-state index in [-0.39, 0.29) is 28.7 Å². The first-order chi connectivity index (χ1) is 12.7. The summed E-state index contributed by atoms with van der Waals surface area (Å²) in [4.78, 5) is 12.5. The molecule has 9 heteroatoms. The topological polar surface area (TPSA) is 120 Å². The molecule has 0 atom stereocenters. The maximum absolute atomic E-state index is 12.5. The third-order valence-corrected chi connectivity index (χ3v) is 4.31. The summed E-state index contributed by atoms with van der Waals surface area (Å²) >= 11 is 0. The Morgan fingerprint density at radius 2 is 1.78 bits per heavy atom. The number of sulfonamides is 1. The van der Waals surface area contributed by atoms with Crippen LogP contribution >= 0.6 is 0 Å². The molecule has 1 amide bonds. The third-order valence-electron chi connectivity index (χ3n) is 3.72. The van der Waals surface area contributed by atoms with Crippen molar-refractivity contribution in [1.29, 1.82) is 0 Å². The van der Waals surface area contributed by atoms with Crippen molar-refractivity contribution >= 4 is 27.3 Å². The monoisotopic (exact) mass is 393 g/mol. The van der Waals surface area contributed by atoms with Gasteiger partial charge in [0.05, 0.1) is 26.2 Å². The lowest BCUT2D eigenvalue weighted by atomic mass is 10.1. The van der Waals surface area contributed by atoms with Crippen molar-refractivity contribution in [2.45, 2.75) is 6.42 Å². The molecule has 0 unspecified atom stereocenters. The molecular weight excluding hydrogens is 370 g/mol. The van der Waals surface area contributed by atoms with Crippen LogP contribution in [0.4, 0.5) is 11.4 Å². The van der Waals surface area contributed by atoms with E-state index < -0.39 is 10.0 Å². The van der Waals surface area contributed by atoms with Gasteiger partial charge >= 0.3 is 0 Å². The van der Waals surface area contributed by atoms with Crippen LogP contribution in [0.2, 0.25) is 0 Å². The fourth-order valence-corrected chi connectivity index (χ4v) is 3.03. The molecule has 2 aromatic carbocycles. The summed E-state index contributed by atoms with van der Waals surface area (Å²) < 4.78 is 35.9. The number of nitrogens with one attached hydrogen (secondary N) is 2. The molecule has 0 saturated heterocycles. The lowest BCUT2D eigenvalue weighted by Crippen LogP contribution is -2.26. The van der Waals surface area contributed by atoms with Gasteiger partial charge < -0.3 is 20.5 Å². The van der Waals surface area contributed by atoms with Gasteiger partial charge in [-0.15, -0.1) is 0 Å². The van der Waals surface area contributed by atoms with Crippen LogP contribution in [0.15, 0.2) is 36.4 Å². The highest BCUT2D eigenvalue weighted by Crippen LogP contribution is 2.37. The number of hydrogen-bond donors (Lipinski definition) is 3. The highest BCUT2D eigenvalue weighted by Gasteiger charge is 2.18. The van der Waals surface area contributed by atoms with Crippen LogP contribution in [0, 0.1) is 0 Å². The number of carbonyl (C=O) groups is 1. The van der Waals surface area contributed by atoms with Crippen LogP contribution < -0.4 is 25.2 Å². The summed E-state index contributed by atoms with van der Waals surface area (Å²) in [5.41, 5.74) is 7.74. The normalized spacial score (nSPS) is 10.9. The fraction of sp³-hybridized carbons (Fsp3) is 0.278. The van der Waals surface area contributed by atoms with Gasteiger partial charge in [-0.3, -0.25) is 9.52 Å². The van der Waals surface area contributed by atoms with E-state index in [1.54, 1.807) is 12.1 Å². The van der Waals surface area contributed by atoms with Gasteiger partial charge in [0, 0.05) is 17.8 Å². The SMILES string of the molecule is COc1cc(C(=O)NCCc2ccc(N)cc2)cc(NS(C)(=O)=O)c1OC. The predicted molar refractivity (Wildman–Crippen MR) is 105 cm³/mol. The van der Waals surface area contributed by atoms with E-state index in [2.05, 4.69) is 10.0 Å². The van der Waals surface area contributed by atoms with E-state index in [0.29, 0.717) is 18.7 Å². The first kappa shape index (κ1) is 20.4. The summed E-state index contributed by atoms with van der Waals surface area (Å²) in [7, 11) is -0.767. The van der Waals surface area contributed by atoms with E-state index in [0.717, 1.165) is 11.8 Å². The van der Waals surface area contributed by atoms with Crippen molar-refractivity contribution in [3.63, 3.8) is 0 Å². The number of nitrogen functional groups attached to an aromatic ring is 1. The van der Waals surface area contributed by atoms with E-state index in [1.807, 2.05) is 12.1 Å². The fourth-order valence-electron chi connectivity index (χ4n) is 2.48. The maximum Gasteiger partial charge on any atom is 0.251 e. The Morgan fingerprint density at radius 3 is 2.33 bits per heavy atom. The van der Waals surface area contributed by atoms with E-state index in [9.17, 15) is 13.2 Å². The molecule has 4 N–H and O–H groups in total. The van der Waals surface area contributed by atoms with E-state index in [1.165, 1.54) is 26.4 Å².